The van der Waals surface area contributed by atoms with Crippen molar-refractivity contribution >= 4 is 118 Å². The third-order valence-corrected chi connectivity index (χ3v) is 13.1. The maximum Gasteiger partial charge on any atom is 0.165 e. The molecule has 4 heteroatoms. The van der Waals surface area contributed by atoms with E-state index in [0.717, 1.165) is 49.9 Å². The first-order valence-electron chi connectivity index (χ1n) is 19.1. The van der Waals surface area contributed by atoms with E-state index in [-0.39, 0.29) is 0 Å². The molecule has 0 N–H and O–H groups in total. The molecule has 0 amide bonds. The van der Waals surface area contributed by atoms with Crippen molar-refractivity contribution in [3.8, 4) is 17.1 Å². The lowest BCUT2D eigenvalue weighted by Gasteiger charge is -2.16. The molecule has 0 bridgehead atoms. The highest BCUT2D eigenvalue weighted by Gasteiger charge is 2.24. The van der Waals surface area contributed by atoms with Gasteiger partial charge in [0.2, 0.25) is 0 Å². The van der Waals surface area contributed by atoms with Gasteiger partial charge in [-0.1, -0.05) is 146 Å². The van der Waals surface area contributed by atoms with Gasteiger partial charge in [0.1, 0.15) is 5.69 Å². The van der Waals surface area contributed by atoms with Gasteiger partial charge in [-0.05, 0) is 73.4 Å². The van der Waals surface area contributed by atoms with Gasteiger partial charge in [-0.3, -0.25) is 4.57 Å². The molecule has 0 saturated heterocycles. The molecule has 3 heterocycles. The highest BCUT2D eigenvalue weighted by molar-refractivity contribution is 7.26. The summed E-state index contributed by atoms with van der Waals surface area (Å²) in [4.78, 5) is 11.4. The van der Waals surface area contributed by atoms with E-state index in [1.165, 1.54) is 74.0 Å². The third kappa shape index (κ3) is 4.06. The predicted octanol–water partition coefficient (Wildman–Crippen LogP) is 14.5. The summed E-state index contributed by atoms with van der Waals surface area (Å²) in [6.45, 7) is 0. The lowest BCUT2D eigenvalue weighted by molar-refractivity contribution is 1.08. The Bertz CT molecular complexity index is 3800. The van der Waals surface area contributed by atoms with Crippen molar-refractivity contribution in [1.29, 1.82) is 0 Å². The molecule has 0 fully saturated rings. The Morgan fingerprint density at radius 2 is 1.02 bits per heavy atom. The zero-order chi connectivity index (χ0) is 36.5. The summed E-state index contributed by atoms with van der Waals surface area (Å²) in [5.74, 6) is 0.832. The molecule has 0 saturated carbocycles. The normalized spacial score (nSPS) is 12.3. The van der Waals surface area contributed by atoms with Crippen LogP contribution in [0.1, 0.15) is 0 Å². The quantitative estimate of drug-likeness (QED) is 0.166. The number of hydrogen-bond acceptors (Lipinski definition) is 3. The van der Waals surface area contributed by atoms with Crippen molar-refractivity contribution in [2.45, 2.75) is 0 Å². The van der Waals surface area contributed by atoms with Gasteiger partial charge in [0.05, 0.1) is 22.1 Å². The fourth-order valence-electron chi connectivity index (χ4n) is 9.47. The molecular weight excluding hydrogens is 699 g/mol. The molecule has 3 aromatic heterocycles. The van der Waals surface area contributed by atoms with Crippen molar-refractivity contribution in [3.05, 3.63) is 176 Å². The Labute approximate surface area is 324 Å². The van der Waals surface area contributed by atoms with Crippen molar-refractivity contribution in [1.82, 2.24) is 14.5 Å². The second-order valence-corrected chi connectivity index (χ2v) is 15.9. The molecule has 10 aromatic carbocycles. The summed E-state index contributed by atoms with van der Waals surface area (Å²) >= 11 is 1.83. The van der Waals surface area contributed by atoms with E-state index in [1.807, 2.05) is 11.3 Å². The second kappa shape index (κ2) is 11.2. The van der Waals surface area contributed by atoms with Crippen molar-refractivity contribution in [2.75, 3.05) is 0 Å². The third-order valence-electron chi connectivity index (χ3n) is 11.9. The molecular formula is C52H29N3S. The van der Waals surface area contributed by atoms with Crippen LogP contribution in [-0.2, 0) is 0 Å². The molecule has 0 radical (unpaired) electrons. The smallest absolute Gasteiger partial charge is 0.165 e. The molecule has 0 aliphatic carbocycles. The second-order valence-electron chi connectivity index (χ2n) is 14.9. The fourth-order valence-corrected chi connectivity index (χ4v) is 10.7. The summed E-state index contributed by atoms with van der Waals surface area (Å²) in [6, 6.07) is 64.1. The fraction of sp³-hybridized carbons (Fsp3) is 0. The summed E-state index contributed by atoms with van der Waals surface area (Å²) in [5.41, 5.74) is 5.98. The first-order chi connectivity index (χ1) is 27.8. The lowest BCUT2D eigenvalue weighted by atomic mass is 9.91. The van der Waals surface area contributed by atoms with Gasteiger partial charge < -0.3 is 0 Å². The Morgan fingerprint density at radius 1 is 0.393 bits per heavy atom. The Morgan fingerprint density at radius 3 is 1.82 bits per heavy atom. The molecule has 0 aliphatic heterocycles. The van der Waals surface area contributed by atoms with E-state index in [1.54, 1.807) is 0 Å². The van der Waals surface area contributed by atoms with Gasteiger partial charge in [-0.2, -0.15) is 0 Å². The van der Waals surface area contributed by atoms with Crippen LogP contribution in [-0.4, -0.2) is 14.5 Å². The average Bonchev–Trinajstić information content (AvgIpc) is 3.80. The zero-order valence-corrected chi connectivity index (χ0v) is 30.8. The number of benzene rings is 10. The predicted molar refractivity (Wildman–Crippen MR) is 240 cm³/mol. The molecule has 0 atom stereocenters. The standard InChI is InChI=1S/C52H29N3S/c1-2-14-32-29-45-42(28-31(32)13-1)48-44(27-25-39-36-18-6-5-16-34(36)35-17-7-8-20-38(35)47(39)48)55(45)52-50(53-43-26-24-30-12-3-4-15-33(30)49(43)54-52)41-22-11-21-40-37-19-9-10-23-46(37)56-51(40)41/h1-29H. The minimum Gasteiger partial charge on any atom is -0.292 e. The maximum atomic E-state index is 5.76. The summed E-state index contributed by atoms with van der Waals surface area (Å²) in [7, 11) is 0. The summed E-state index contributed by atoms with van der Waals surface area (Å²) < 4.78 is 4.90. The minimum absolute atomic E-state index is 0.832. The monoisotopic (exact) mass is 727 g/mol. The van der Waals surface area contributed by atoms with Crippen LogP contribution < -0.4 is 0 Å². The largest absolute Gasteiger partial charge is 0.292 e. The van der Waals surface area contributed by atoms with Crippen molar-refractivity contribution in [3.63, 3.8) is 0 Å². The number of nitrogens with zero attached hydrogens (tertiary/aromatic N) is 3. The molecule has 258 valence electrons. The Hall–Kier alpha value is -7.14. The van der Waals surface area contributed by atoms with E-state index < -0.39 is 0 Å². The SMILES string of the molecule is c1ccc2cc3c(cc2c1)c1c2c4ccccc4c4ccccc4c2ccc1n3-c1nc2c(ccc3ccccc32)nc1-c1cccc2c1sc1ccccc12. The van der Waals surface area contributed by atoms with E-state index in [9.17, 15) is 0 Å². The van der Waals surface area contributed by atoms with E-state index in [0.29, 0.717) is 0 Å². The summed E-state index contributed by atoms with van der Waals surface area (Å²) in [6.07, 6.45) is 0. The number of rotatable bonds is 2. The van der Waals surface area contributed by atoms with Gasteiger partial charge in [0, 0.05) is 47.3 Å². The Balaban J connectivity index is 1.27. The van der Waals surface area contributed by atoms with Crippen molar-refractivity contribution < 1.29 is 0 Å². The number of fused-ring (bicyclic) bond motifs is 17. The van der Waals surface area contributed by atoms with Gasteiger partial charge in [0.25, 0.3) is 0 Å². The topological polar surface area (TPSA) is 30.7 Å². The van der Waals surface area contributed by atoms with Gasteiger partial charge in [0.15, 0.2) is 5.82 Å². The van der Waals surface area contributed by atoms with Crippen LogP contribution in [0.2, 0.25) is 0 Å². The van der Waals surface area contributed by atoms with E-state index in [2.05, 4.69) is 180 Å². The van der Waals surface area contributed by atoms with Gasteiger partial charge in [-0.25, -0.2) is 9.97 Å². The minimum atomic E-state index is 0.832. The van der Waals surface area contributed by atoms with Crippen LogP contribution >= 0.6 is 11.3 Å². The molecule has 56 heavy (non-hydrogen) atoms. The van der Waals surface area contributed by atoms with Crippen LogP contribution in [0.15, 0.2) is 176 Å². The van der Waals surface area contributed by atoms with Gasteiger partial charge >= 0.3 is 0 Å². The lowest BCUT2D eigenvalue weighted by Crippen LogP contribution is -2.04. The van der Waals surface area contributed by atoms with E-state index in [4.69, 9.17) is 9.97 Å². The number of aromatic nitrogens is 3. The van der Waals surface area contributed by atoms with Crippen LogP contribution in [0.25, 0.3) is 124 Å². The first-order valence-corrected chi connectivity index (χ1v) is 19.9. The Kier molecular flexibility index (Phi) is 6.04. The molecule has 3 nitrogen and oxygen atoms in total. The maximum absolute atomic E-state index is 5.76. The molecule has 13 rings (SSSR count). The van der Waals surface area contributed by atoms with Crippen LogP contribution in [0.4, 0.5) is 0 Å². The average molecular weight is 728 g/mol. The zero-order valence-electron chi connectivity index (χ0n) is 30.0. The summed E-state index contributed by atoms with van der Waals surface area (Å²) in [5, 5.41) is 17.2. The van der Waals surface area contributed by atoms with Crippen molar-refractivity contribution in [2.24, 2.45) is 0 Å². The first kappa shape index (κ1) is 30.2. The highest BCUT2D eigenvalue weighted by Crippen LogP contribution is 2.47. The highest BCUT2D eigenvalue weighted by atomic mass is 32.1. The van der Waals surface area contributed by atoms with Crippen LogP contribution in [0.3, 0.4) is 0 Å². The molecule has 0 spiro atoms. The van der Waals surface area contributed by atoms with Crippen LogP contribution in [0, 0.1) is 0 Å². The number of hydrogen-bond donors (Lipinski definition) is 0. The van der Waals surface area contributed by atoms with E-state index >= 15 is 0 Å². The number of thiophene rings is 1. The molecule has 0 aliphatic rings. The molecule has 13 aromatic rings. The van der Waals surface area contributed by atoms with Crippen LogP contribution in [0.5, 0.6) is 0 Å². The molecule has 0 unspecified atom stereocenters. The van der Waals surface area contributed by atoms with Gasteiger partial charge in [-0.15, -0.1) is 11.3 Å².